The Labute approximate surface area is 182 Å². The lowest BCUT2D eigenvalue weighted by atomic mass is 10.2. The van der Waals surface area contributed by atoms with E-state index in [1.807, 2.05) is 25.1 Å². The number of carbonyl (C=O) groups excluding carboxylic acids is 1. The van der Waals surface area contributed by atoms with Crippen LogP contribution in [0.5, 0.6) is 5.75 Å². The first-order valence-electron chi connectivity index (χ1n) is 10.5. The molecule has 0 atom stereocenters. The minimum Gasteiger partial charge on any atom is -0.493 e. The number of nitrogens with zero attached hydrogens (tertiary/aromatic N) is 2. The summed E-state index contributed by atoms with van der Waals surface area (Å²) in [6.45, 7) is 4.64. The first-order valence-corrected chi connectivity index (χ1v) is 10.5. The molecule has 2 aromatic rings. The number of allylic oxidation sites excluding steroid dienone is 1. The molecule has 1 aromatic carbocycles. The molecular weight excluding hydrogens is 398 g/mol. The van der Waals surface area contributed by atoms with E-state index in [0.29, 0.717) is 49.1 Å². The van der Waals surface area contributed by atoms with E-state index in [1.54, 1.807) is 20.4 Å². The number of methoxy groups -OCH3 is 2. The lowest BCUT2D eigenvalue weighted by molar-refractivity contribution is -0.113. The van der Waals surface area contributed by atoms with Crippen molar-refractivity contribution in [3.63, 3.8) is 0 Å². The van der Waals surface area contributed by atoms with Crippen LogP contribution in [0.15, 0.2) is 35.8 Å². The van der Waals surface area contributed by atoms with Crippen molar-refractivity contribution in [2.45, 2.75) is 19.8 Å². The average Bonchev–Trinajstić information content (AvgIpc) is 3.59. The minimum absolute atomic E-state index is 0.229. The van der Waals surface area contributed by atoms with Crippen molar-refractivity contribution in [3.8, 4) is 5.75 Å². The highest BCUT2D eigenvalue weighted by molar-refractivity contribution is 6.03. The topological polar surface area (TPSA) is 107 Å². The van der Waals surface area contributed by atoms with Crippen molar-refractivity contribution in [2.24, 2.45) is 5.92 Å². The first-order chi connectivity index (χ1) is 15.1. The number of ether oxygens (including phenoxy) is 3. The summed E-state index contributed by atoms with van der Waals surface area (Å²) in [7, 11) is 3.24. The van der Waals surface area contributed by atoms with Gasteiger partial charge in [0.1, 0.15) is 11.4 Å². The van der Waals surface area contributed by atoms with E-state index < -0.39 is 0 Å². The Morgan fingerprint density at radius 3 is 2.58 bits per heavy atom. The normalized spacial score (nSPS) is 14.2. The Morgan fingerprint density at radius 1 is 1.13 bits per heavy atom. The van der Waals surface area contributed by atoms with Gasteiger partial charge < -0.3 is 24.8 Å². The molecule has 0 radical (unpaired) electrons. The van der Waals surface area contributed by atoms with E-state index in [2.05, 4.69) is 25.9 Å². The van der Waals surface area contributed by atoms with Gasteiger partial charge in [0.15, 0.2) is 0 Å². The van der Waals surface area contributed by atoms with Crippen molar-refractivity contribution in [2.75, 3.05) is 52.4 Å². The molecule has 0 bridgehead atoms. The van der Waals surface area contributed by atoms with Crippen LogP contribution in [0, 0.1) is 5.92 Å². The highest BCUT2D eigenvalue weighted by atomic mass is 16.5. The van der Waals surface area contributed by atoms with Crippen LogP contribution in [-0.4, -0.2) is 63.0 Å². The van der Waals surface area contributed by atoms with Gasteiger partial charge in [0, 0.05) is 50.7 Å². The summed E-state index contributed by atoms with van der Waals surface area (Å²) in [6.07, 6.45) is 4.16. The third kappa shape index (κ3) is 7.08. The van der Waals surface area contributed by atoms with Crippen molar-refractivity contribution in [1.29, 1.82) is 0 Å². The van der Waals surface area contributed by atoms with E-state index in [1.165, 1.54) is 12.8 Å². The molecule has 1 aliphatic rings. The fourth-order valence-electron chi connectivity index (χ4n) is 2.91. The second-order valence-corrected chi connectivity index (χ2v) is 7.46. The van der Waals surface area contributed by atoms with Crippen LogP contribution in [0.3, 0.4) is 0 Å². The van der Waals surface area contributed by atoms with Gasteiger partial charge >= 0.3 is 0 Å². The summed E-state index contributed by atoms with van der Waals surface area (Å²) in [5.41, 5.74) is 1.81. The fourth-order valence-corrected chi connectivity index (χ4v) is 2.91. The maximum Gasteiger partial charge on any atom is 0.275 e. The Hall–Kier alpha value is -2.91. The van der Waals surface area contributed by atoms with E-state index in [-0.39, 0.29) is 11.9 Å². The van der Waals surface area contributed by atoms with Gasteiger partial charge in [-0.1, -0.05) is 0 Å². The molecule has 0 unspecified atom stereocenters. The molecule has 9 nitrogen and oxygen atoms in total. The van der Waals surface area contributed by atoms with Crippen LogP contribution < -0.4 is 20.7 Å². The van der Waals surface area contributed by atoms with Gasteiger partial charge in [-0.15, -0.1) is 0 Å². The molecule has 1 heterocycles. The molecular formula is C22H31N5O4. The number of amides is 1. The van der Waals surface area contributed by atoms with Crippen molar-refractivity contribution < 1.29 is 19.0 Å². The third-order valence-corrected chi connectivity index (χ3v) is 4.87. The molecule has 168 valence electrons. The zero-order valence-corrected chi connectivity index (χ0v) is 18.4. The molecule has 1 aromatic heterocycles. The molecule has 3 rings (SSSR count). The Kier molecular flexibility index (Phi) is 8.43. The van der Waals surface area contributed by atoms with Gasteiger partial charge in [-0.05, 0) is 37.8 Å². The number of rotatable bonds is 13. The van der Waals surface area contributed by atoms with E-state index in [0.717, 1.165) is 17.7 Å². The smallest absolute Gasteiger partial charge is 0.275 e. The number of aromatic nitrogens is 2. The number of carbonyl (C=O) groups is 1. The zero-order valence-electron chi connectivity index (χ0n) is 18.4. The van der Waals surface area contributed by atoms with Crippen LogP contribution in [-0.2, 0) is 14.3 Å². The lowest BCUT2D eigenvalue weighted by Gasteiger charge is -2.15. The maximum absolute atomic E-state index is 12.9. The number of hydrogen-bond donors (Lipinski definition) is 3. The van der Waals surface area contributed by atoms with Gasteiger partial charge in [-0.25, -0.2) is 9.97 Å². The van der Waals surface area contributed by atoms with Gasteiger partial charge in [0.25, 0.3) is 5.91 Å². The van der Waals surface area contributed by atoms with Gasteiger partial charge in [0.2, 0.25) is 5.95 Å². The Morgan fingerprint density at radius 2 is 1.87 bits per heavy atom. The molecule has 0 saturated heterocycles. The van der Waals surface area contributed by atoms with Crippen molar-refractivity contribution in [3.05, 3.63) is 35.8 Å². The van der Waals surface area contributed by atoms with Crippen LogP contribution in [0.25, 0.3) is 10.9 Å². The summed E-state index contributed by atoms with van der Waals surface area (Å²) >= 11 is 0. The fraction of sp³-hybridized carbons (Fsp3) is 0.500. The molecule has 0 spiro atoms. The standard InChI is InChI=1S/C22H31N5O4/c1-15(23-8-10-29-2)20(24-9-11-30-3)21(28)27-22-25-13-17-6-7-18(12-19(17)26-22)31-14-16-4-5-16/h6-7,12-13,16,23-24H,4-5,8-11,14H2,1-3H3,(H,25,26,27,28)/b20-15-. The molecule has 1 aliphatic carbocycles. The van der Waals surface area contributed by atoms with Gasteiger partial charge in [-0.2, -0.15) is 0 Å². The maximum atomic E-state index is 12.9. The SMILES string of the molecule is COCCN/C(C)=C(\NCCOC)C(=O)Nc1ncc2ccc(OCC3CC3)cc2n1. The Bertz CT molecular complexity index is 914. The summed E-state index contributed by atoms with van der Waals surface area (Å²) in [6, 6.07) is 5.72. The summed E-state index contributed by atoms with van der Waals surface area (Å²) in [4.78, 5) is 21.7. The molecule has 0 aliphatic heterocycles. The van der Waals surface area contributed by atoms with Crippen LogP contribution in [0.2, 0.25) is 0 Å². The lowest BCUT2D eigenvalue weighted by Crippen LogP contribution is -2.33. The third-order valence-electron chi connectivity index (χ3n) is 4.87. The molecule has 1 fully saturated rings. The predicted molar refractivity (Wildman–Crippen MR) is 119 cm³/mol. The summed E-state index contributed by atoms with van der Waals surface area (Å²) < 4.78 is 16.0. The number of benzene rings is 1. The van der Waals surface area contributed by atoms with Gasteiger partial charge in [0.05, 0.1) is 25.3 Å². The van der Waals surface area contributed by atoms with Crippen LogP contribution in [0.4, 0.5) is 5.95 Å². The molecule has 31 heavy (non-hydrogen) atoms. The van der Waals surface area contributed by atoms with Crippen molar-refractivity contribution >= 4 is 22.8 Å². The summed E-state index contributed by atoms with van der Waals surface area (Å²) in [5.74, 6) is 1.34. The minimum atomic E-state index is -0.334. The van der Waals surface area contributed by atoms with Crippen LogP contribution >= 0.6 is 0 Å². The second kappa shape index (κ2) is 11.5. The molecule has 1 amide bonds. The largest absolute Gasteiger partial charge is 0.493 e. The predicted octanol–water partition coefficient (Wildman–Crippen LogP) is 2.06. The quantitative estimate of drug-likeness (QED) is 0.328. The highest BCUT2D eigenvalue weighted by Gasteiger charge is 2.22. The number of anilines is 1. The second-order valence-electron chi connectivity index (χ2n) is 7.46. The first kappa shape index (κ1) is 22.8. The molecule has 9 heteroatoms. The molecule has 3 N–H and O–H groups in total. The van der Waals surface area contributed by atoms with E-state index >= 15 is 0 Å². The highest BCUT2D eigenvalue weighted by Crippen LogP contribution is 2.30. The molecule has 1 saturated carbocycles. The monoisotopic (exact) mass is 429 g/mol. The summed E-state index contributed by atoms with van der Waals surface area (Å²) in [5, 5.41) is 9.94. The van der Waals surface area contributed by atoms with E-state index in [9.17, 15) is 4.79 Å². The van der Waals surface area contributed by atoms with E-state index in [4.69, 9.17) is 14.2 Å². The number of fused-ring (bicyclic) bond motifs is 1. The zero-order chi connectivity index (χ0) is 22.1. The Balaban J connectivity index is 1.71. The van der Waals surface area contributed by atoms with Crippen LogP contribution in [0.1, 0.15) is 19.8 Å². The number of nitrogens with one attached hydrogen (secondary N) is 3. The average molecular weight is 430 g/mol. The number of hydrogen-bond acceptors (Lipinski definition) is 8. The van der Waals surface area contributed by atoms with Gasteiger partial charge in [-0.3, -0.25) is 10.1 Å². The van der Waals surface area contributed by atoms with Crippen molar-refractivity contribution in [1.82, 2.24) is 20.6 Å².